The Morgan fingerprint density at radius 2 is 2.00 bits per heavy atom. The van der Waals surface area contributed by atoms with Crippen LogP contribution in [0.2, 0.25) is 0 Å². The molecule has 0 aliphatic heterocycles. The quantitative estimate of drug-likeness (QED) is 0.803. The lowest BCUT2D eigenvalue weighted by Crippen LogP contribution is -2.29. The van der Waals surface area contributed by atoms with Crippen molar-refractivity contribution < 1.29 is 14.3 Å². The first-order valence-corrected chi connectivity index (χ1v) is 6.59. The van der Waals surface area contributed by atoms with Crippen molar-refractivity contribution in [3.05, 3.63) is 29.3 Å². The molecule has 0 aliphatic carbocycles. The molecule has 0 heterocycles. The van der Waals surface area contributed by atoms with Crippen molar-refractivity contribution in [3.63, 3.8) is 0 Å². The summed E-state index contributed by atoms with van der Waals surface area (Å²) in [5.74, 6) is 0.0806. The molecule has 0 amide bonds. The number of carbonyl (C=O) groups is 1. The summed E-state index contributed by atoms with van der Waals surface area (Å²) in [4.78, 5) is 11.8. The van der Waals surface area contributed by atoms with Gasteiger partial charge in [0.05, 0.1) is 20.1 Å². The number of esters is 1. The van der Waals surface area contributed by atoms with Gasteiger partial charge < -0.3 is 15.2 Å². The van der Waals surface area contributed by atoms with Crippen LogP contribution in [0.4, 0.5) is 0 Å². The Bertz CT molecular complexity index is 431. The molecular weight excluding hydrogens is 242 g/mol. The van der Waals surface area contributed by atoms with E-state index in [2.05, 4.69) is 6.92 Å². The van der Waals surface area contributed by atoms with Crippen LogP contribution in [0.15, 0.2) is 18.2 Å². The van der Waals surface area contributed by atoms with E-state index in [0.717, 1.165) is 12.0 Å². The number of methoxy groups -OCH3 is 2. The van der Waals surface area contributed by atoms with Crippen LogP contribution in [0.3, 0.4) is 0 Å². The molecule has 19 heavy (non-hydrogen) atoms. The number of nitrogens with two attached hydrogens (primary N) is 1. The van der Waals surface area contributed by atoms with Gasteiger partial charge in [0.1, 0.15) is 5.75 Å². The first kappa shape index (κ1) is 15.5. The molecule has 0 aliphatic rings. The lowest BCUT2D eigenvalue weighted by atomic mass is 9.90. The van der Waals surface area contributed by atoms with Gasteiger partial charge in [-0.25, -0.2) is 0 Å². The van der Waals surface area contributed by atoms with E-state index in [0.29, 0.717) is 12.2 Å². The minimum atomic E-state index is -0.418. The largest absolute Gasteiger partial charge is 0.496 e. The Balaban J connectivity index is 3.14. The van der Waals surface area contributed by atoms with Gasteiger partial charge in [0.25, 0.3) is 0 Å². The summed E-state index contributed by atoms with van der Waals surface area (Å²) >= 11 is 0. The summed E-state index contributed by atoms with van der Waals surface area (Å²) < 4.78 is 10.2. The van der Waals surface area contributed by atoms with Crippen molar-refractivity contribution in [1.29, 1.82) is 0 Å². The third-order valence-electron chi connectivity index (χ3n) is 3.44. The number of rotatable bonds is 6. The highest BCUT2D eigenvalue weighted by molar-refractivity contribution is 5.73. The highest BCUT2D eigenvalue weighted by atomic mass is 16.5. The van der Waals surface area contributed by atoms with E-state index in [9.17, 15) is 4.79 Å². The van der Waals surface area contributed by atoms with Gasteiger partial charge >= 0.3 is 5.97 Å². The molecule has 0 bridgehead atoms. The third kappa shape index (κ3) is 3.47. The van der Waals surface area contributed by atoms with Crippen LogP contribution in [0.1, 0.15) is 37.4 Å². The number of hydrogen-bond acceptors (Lipinski definition) is 4. The Labute approximate surface area is 114 Å². The summed E-state index contributed by atoms with van der Waals surface area (Å²) in [5, 5.41) is 0. The first-order chi connectivity index (χ1) is 9.08. The molecule has 0 aromatic heterocycles. The molecule has 0 radical (unpaired) electrons. The van der Waals surface area contributed by atoms with Crippen LogP contribution in [-0.2, 0) is 16.0 Å². The van der Waals surface area contributed by atoms with Gasteiger partial charge in [-0.3, -0.25) is 4.79 Å². The highest BCUT2D eigenvalue weighted by Crippen LogP contribution is 2.31. The number of benzene rings is 1. The number of carbonyl (C=O) groups excluding carboxylic acids is 1. The van der Waals surface area contributed by atoms with Crippen molar-refractivity contribution in [2.75, 3.05) is 14.2 Å². The Kier molecular flexibility index (Phi) is 5.83. The van der Waals surface area contributed by atoms with Crippen LogP contribution < -0.4 is 10.5 Å². The summed E-state index contributed by atoms with van der Waals surface area (Å²) in [6.45, 7) is 4.01. The zero-order valence-corrected chi connectivity index (χ0v) is 12.1. The predicted molar refractivity (Wildman–Crippen MR) is 75.1 cm³/mol. The molecule has 1 aromatic carbocycles. The average molecular weight is 265 g/mol. The van der Waals surface area contributed by atoms with Gasteiger partial charge in [-0.05, 0) is 24.5 Å². The van der Waals surface area contributed by atoms with Crippen molar-refractivity contribution >= 4 is 5.97 Å². The fraction of sp³-hybridized carbons (Fsp3) is 0.533. The van der Waals surface area contributed by atoms with Crippen LogP contribution in [0.25, 0.3) is 0 Å². The molecule has 4 heteroatoms. The fourth-order valence-corrected chi connectivity index (χ4v) is 2.20. The van der Waals surface area contributed by atoms with E-state index in [4.69, 9.17) is 15.2 Å². The van der Waals surface area contributed by atoms with E-state index in [-0.39, 0.29) is 11.9 Å². The smallest absolute Gasteiger partial charge is 0.310 e. The molecule has 4 nitrogen and oxygen atoms in total. The van der Waals surface area contributed by atoms with Gasteiger partial charge in [0, 0.05) is 11.6 Å². The minimum Gasteiger partial charge on any atom is -0.496 e. The summed E-state index contributed by atoms with van der Waals surface area (Å²) in [7, 11) is 2.99. The molecule has 2 unspecified atom stereocenters. The number of ether oxygens (including phenoxy) is 2. The van der Waals surface area contributed by atoms with Crippen LogP contribution >= 0.6 is 0 Å². The molecule has 0 saturated carbocycles. The minimum absolute atomic E-state index is 0.279. The van der Waals surface area contributed by atoms with Crippen molar-refractivity contribution in [2.24, 2.45) is 11.7 Å². The molecule has 106 valence electrons. The zero-order valence-electron chi connectivity index (χ0n) is 12.1. The second-order valence-electron chi connectivity index (χ2n) is 4.49. The predicted octanol–water partition coefficient (Wildman–Crippen LogP) is 2.46. The summed E-state index contributed by atoms with van der Waals surface area (Å²) in [6, 6.07) is 5.50. The van der Waals surface area contributed by atoms with Gasteiger partial charge in [-0.15, -0.1) is 0 Å². The first-order valence-electron chi connectivity index (χ1n) is 6.59. The average Bonchev–Trinajstić information content (AvgIpc) is 2.46. The second kappa shape index (κ2) is 7.14. The van der Waals surface area contributed by atoms with Crippen molar-refractivity contribution in [2.45, 2.75) is 32.7 Å². The van der Waals surface area contributed by atoms with Crippen molar-refractivity contribution in [1.82, 2.24) is 0 Å². The fourth-order valence-electron chi connectivity index (χ4n) is 2.20. The Hall–Kier alpha value is -1.55. The Morgan fingerprint density at radius 3 is 2.47 bits per heavy atom. The van der Waals surface area contributed by atoms with Crippen LogP contribution in [-0.4, -0.2) is 20.2 Å². The SMILES string of the molecule is CCc1ccc(OC)c(C(N)C(CC)C(=O)OC)c1. The lowest BCUT2D eigenvalue weighted by Gasteiger charge is -2.23. The number of aryl methyl sites for hydroxylation is 1. The van der Waals surface area contributed by atoms with E-state index >= 15 is 0 Å². The third-order valence-corrected chi connectivity index (χ3v) is 3.44. The standard InChI is InChI=1S/C15H23NO3/c1-5-10-7-8-13(18-3)12(9-10)14(16)11(6-2)15(17)19-4/h7-9,11,14H,5-6,16H2,1-4H3. The van der Waals surface area contributed by atoms with Gasteiger partial charge in [-0.1, -0.05) is 26.0 Å². The van der Waals surface area contributed by atoms with Crippen molar-refractivity contribution in [3.8, 4) is 5.75 Å². The van der Waals surface area contributed by atoms with Gasteiger partial charge in [0.15, 0.2) is 0 Å². The van der Waals surface area contributed by atoms with Gasteiger partial charge in [-0.2, -0.15) is 0 Å². The van der Waals surface area contributed by atoms with E-state index in [1.165, 1.54) is 12.7 Å². The maximum Gasteiger partial charge on any atom is 0.310 e. The Morgan fingerprint density at radius 1 is 1.32 bits per heavy atom. The zero-order chi connectivity index (χ0) is 14.4. The molecule has 0 saturated heterocycles. The maximum atomic E-state index is 11.8. The van der Waals surface area contributed by atoms with E-state index in [1.54, 1.807) is 7.11 Å². The van der Waals surface area contributed by atoms with Crippen LogP contribution in [0.5, 0.6) is 5.75 Å². The maximum absolute atomic E-state index is 11.8. The summed E-state index contributed by atoms with van der Waals surface area (Å²) in [5.41, 5.74) is 8.28. The monoisotopic (exact) mass is 265 g/mol. The highest BCUT2D eigenvalue weighted by Gasteiger charge is 2.28. The van der Waals surface area contributed by atoms with Crippen LogP contribution in [0, 0.1) is 5.92 Å². The molecule has 2 atom stereocenters. The van der Waals surface area contributed by atoms with Gasteiger partial charge in [0.2, 0.25) is 0 Å². The molecule has 0 fully saturated rings. The topological polar surface area (TPSA) is 61.5 Å². The summed E-state index contributed by atoms with van der Waals surface area (Å²) in [6.07, 6.45) is 1.55. The molecule has 1 aromatic rings. The lowest BCUT2D eigenvalue weighted by molar-refractivity contribution is -0.146. The van der Waals surface area contributed by atoms with E-state index in [1.807, 2.05) is 25.1 Å². The molecule has 1 rings (SSSR count). The van der Waals surface area contributed by atoms with E-state index < -0.39 is 6.04 Å². The normalized spacial score (nSPS) is 13.7. The molecular formula is C15H23NO3. The number of hydrogen-bond donors (Lipinski definition) is 1. The molecule has 0 spiro atoms. The second-order valence-corrected chi connectivity index (χ2v) is 4.49. The molecule has 2 N–H and O–H groups in total.